The maximum Gasteiger partial charge on any atom is 0.336 e. The number of amides is 1. The quantitative estimate of drug-likeness (QED) is 0.623. The van der Waals surface area contributed by atoms with Gasteiger partial charge in [-0.25, -0.2) is 9.48 Å². The molecule has 34 heavy (non-hydrogen) atoms. The number of aryl methyl sites for hydroxylation is 1. The van der Waals surface area contributed by atoms with E-state index in [0.717, 1.165) is 11.3 Å². The van der Waals surface area contributed by atoms with Crippen LogP contribution < -0.4 is 0 Å². The first-order chi connectivity index (χ1) is 16.3. The number of rotatable bonds is 7. The molecule has 10 heteroatoms. The minimum absolute atomic E-state index is 0.00173. The van der Waals surface area contributed by atoms with Gasteiger partial charge >= 0.3 is 5.97 Å². The topological polar surface area (TPSA) is 121 Å². The molecule has 0 bridgehead atoms. The summed E-state index contributed by atoms with van der Waals surface area (Å²) in [6.07, 6.45) is 2.44. The number of carbonyl (C=O) groups is 2. The van der Waals surface area contributed by atoms with Crippen molar-refractivity contribution in [2.75, 3.05) is 26.7 Å². The van der Waals surface area contributed by atoms with Crippen molar-refractivity contribution in [1.82, 2.24) is 24.8 Å². The lowest BCUT2D eigenvalue weighted by Crippen LogP contribution is -2.47. The van der Waals surface area contributed by atoms with Gasteiger partial charge in [0.25, 0.3) is 0 Å². The van der Waals surface area contributed by atoms with Crippen molar-refractivity contribution in [3.63, 3.8) is 0 Å². The number of fused-ring (bicyclic) bond motifs is 1. The average Bonchev–Trinajstić information content (AvgIpc) is 3.26. The number of likely N-dealkylation sites (N-methyl/N-ethyl adjacent to an activating group) is 1. The summed E-state index contributed by atoms with van der Waals surface area (Å²) in [5.41, 5.74) is 1.86. The molecule has 0 aliphatic carbocycles. The van der Waals surface area contributed by atoms with Crippen LogP contribution in [0.2, 0.25) is 0 Å². The number of aliphatic hydroxyl groups is 1. The van der Waals surface area contributed by atoms with E-state index in [1.165, 1.54) is 0 Å². The number of carboxylic acids is 1. The molecule has 1 aliphatic rings. The van der Waals surface area contributed by atoms with E-state index in [4.69, 9.17) is 4.74 Å². The van der Waals surface area contributed by atoms with Gasteiger partial charge in [-0.1, -0.05) is 30.3 Å². The van der Waals surface area contributed by atoms with Crippen LogP contribution in [-0.2, 0) is 29.2 Å². The Kier molecular flexibility index (Phi) is 9.14. The summed E-state index contributed by atoms with van der Waals surface area (Å²) in [6, 6.07) is 6.68. The van der Waals surface area contributed by atoms with Crippen molar-refractivity contribution in [2.45, 2.75) is 58.5 Å². The van der Waals surface area contributed by atoms with Crippen molar-refractivity contribution in [1.29, 1.82) is 0 Å². The monoisotopic (exact) mass is 473 g/mol. The predicted molar refractivity (Wildman–Crippen MR) is 125 cm³/mol. The summed E-state index contributed by atoms with van der Waals surface area (Å²) in [7, 11) is 1.93. The van der Waals surface area contributed by atoms with Gasteiger partial charge in [-0.3, -0.25) is 9.69 Å². The van der Waals surface area contributed by atoms with E-state index in [1.54, 1.807) is 27.9 Å². The van der Waals surface area contributed by atoms with Gasteiger partial charge in [0.05, 0.1) is 42.8 Å². The van der Waals surface area contributed by atoms with E-state index in [2.05, 4.69) is 10.3 Å². The van der Waals surface area contributed by atoms with Gasteiger partial charge < -0.3 is 19.8 Å². The van der Waals surface area contributed by atoms with Gasteiger partial charge in [0.2, 0.25) is 5.91 Å². The van der Waals surface area contributed by atoms with Crippen LogP contribution >= 0.6 is 0 Å². The molecule has 2 N–H and O–H groups in total. The van der Waals surface area contributed by atoms with Crippen LogP contribution in [0.1, 0.15) is 48.3 Å². The van der Waals surface area contributed by atoms with Crippen LogP contribution in [0.5, 0.6) is 0 Å². The number of aromatic carboxylic acids is 1. The summed E-state index contributed by atoms with van der Waals surface area (Å²) in [5, 5.41) is 27.3. The molecule has 186 valence electrons. The molecule has 1 aromatic heterocycles. The second-order valence-electron chi connectivity index (χ2n) is 9.12. The lowest BCUT2D eigenvalue weighted by molar-refractivity contribution is -0.136. The van der Waals surface area contributed by atoms with E-state index in [-0.39, 0.29) is 36.1 Å². The molecule has 0 saturated heterocycles. The smallest absolute Gasteiger partial charge is 0.336 e. The maximum absolute atomic E-state index is 13.0. The first-order valence-corrected chi connectivity index (χ1v) is 11.7. The number of nitrogens with zero attached hydrogens (tertiary/aromatic N) is 5. The highest BCUT2D eigenvalue weighted by Crippen LogP contribution is 2.19. The zero-order valence-electron chi connectivity index (χ0n) is 20.1. The number of benzene rings is 1. The van der Waals surface area contributed by atoms with E-state index < -0.39 is 5.97 Å². The fraction of sp³-hybridized carbons (Fsp3) is 0.583. The highest BCUT2D eigenvalue weighted by Gasteiger charge is 2.28. The standard InChI is InChI=1S/C24H35N5O5/c1-17-12-28(18(2)15-30)23(31)9-6-10-29-20(11-25-26-29)16-34-22(17)14-27(3)13-19-7-4-5-8-21(19)24(32)33/h4-5,7-8,11,17-18,22,30H,6,9-10,12-16H2,1-3H3,(H,32,33)/t17-,18+,22+/m0/s1. The Bertz CT molecular complexity index is 965. The van der Waals surface area contributed by atoms with Gasteiger partial charge in [0, 0.05) is 38.5 Å². The summed E-state index contributed by atoms with van der Waals surface area (Å²) >= 11 is 0. The van der Waals surface area contributed by atoms with Crippen LogP contribution in [0.4, 0.5) is 0 Å². The molecule has 1 aliphatic heterocycles. The van der Waals surface area contributed by atoms with E-state index in [1.807, 2.05) is 37.9 Å². The van der Waals surface area contributed by atoms with Gasteiger partial charge in [-0.2, -0.15) is 0 Å². The normalized spacial score (nSPS) is 21.0. The van der Waals surface area contributed by atoms with Crippen LogP contribution in [-0.4, -0.2) is 85.8 Å². The van der Waals surface area contributed by atoms with Crippen LogP contribution in [0, 0.1) is 5.92 Å². The number of carbonyl (C=O) groups excluding carboxylic acids is 1. The molecule has 0 fully saturated rings. The molecule has 3 atom stereocenters. The number of aromatic nitrogens is 3. The first-order valence-electron chi connectivity index (χ1n) is 11.7. The van der Waals surface area contributed by atoms with Crippen molar-refractivity contribution >= 4 is 11.9 Å². The SMILES string of the molecule is C[C@H](CO)N1C[C@H](C)[C@@H](CN(C)Cc2ccccc2C(=O)O)OCc2cnnn2CCCC1=O. The predicted octanol–water partition coefficient (Wildman–Crippen LogP) is 1.63. The molecule has 3 rings (SSSR count). The van der Waals surface area contributed by atoms with E-state index in [9.17, 15) is 19.8 Å². The number of ether oxygens (including phenoxy) is 1. The highest BCUT2D eigenvalue weighted by atomic mass is 16.5. The largest absolute Gasteiger partial charge is 0.478 e. The third-order valence-electron chi connectivity index (χ3n) is 6.32. The Balaban J connectivity index is 1.80. The molecule has 2 aromatic rings. The lowest BCUT2D eigenvalue weighted by atomic mass is 10.0. The third-order valence-corrected chi connectivity index (χ3v) is 6.32. The van der Waals surface area contributed by atoms with E-state index in [0.29, 0.717) is 45.6 Å². The van der Waals surface area contributed by atoms with Crippen LogP contribution in [0.15, 0.2) is 30.5 Å². The average molecular weight is 474 g/mol. The Labute approximate surface area is 200 Å². The van der Waals surface area contributed by atoms with Crippen LogP contribution in [0.3, 0.4) is 0 Å². The number of hydrogen-bond acceptors (Lipinski definition) is 7. The molecule has 0 spiro atoms. The molecular weight excluding hydrogens is 438 g/mol. The summed E-state index contributed by atoms with van der Waals surface area (Å²) in [4.78, 5) is 28.3. The number of aliphatic hydroxyl groups excluding tert-OH is 1. The summed E-state index contributed by atoms with van der Waals surface area (Å²) < 4.78 is 8.10. The van der Waals surface area contributed by atoms with Crippen molar-refractivity contribution < 1.29 is 24.5 Å². The van der Waals surface area contributed by atoms with Gasteiger partial charge in [-0.05, 0) is 32.0 Å². The molecular formula is C24H35N5O5. The summed E-state index contributed by atoms with van der Waals surface area (Å²) in [5.74, 6) is -0.982. The molecule has 2 heterocycles. The first kappa shape index (κ1) is 25.8. The zero-order valence-corrected chi connectivity index (χ0v) is 20.1. The van der Waals surface area contributed by atoms with Crippen molar-refractivity contribution in [3.8, 4) is 0 Å². The van der Waals surface area contributed by atoms with Gasteiger partial charge in [-0.15, -0.1) is 5.10 Å². The number of hydrogen-bond donors (Lipinski definition) is 2. The fourth-order valence-electron chi connectivity index (χ4n) is 4.28. The van der Waals surface area contributed by atoms with Crippen molar-refractivity contribution in [3.05, 3.63) is 47.3 Å². The Morgan fingerprint density at radius 3 is 2.85 bits per heavy atom. The summed E-state index contributed by atoms with van der Waals surface area (Å²) in [6.45, 7) is 6.12. The van der Waals surface area contributed by atoms with Gasteiger partial charge in [0.1, 0.15) is 0 Å². The maximum atomic E-state index is 13.0. The lowest BCUT2D eigenvalue weighted by Gasteiger charge is -2.35. The molecule has 10 nitrogen and oxygen atoms in total. The molecule has 0 saturated carbocycles. The fourth-order valence-corrected chi connectivity index (χ4v) is 4.28. The Morgan fingerprint density at radius 2 is 2.12 bits per heavy atom. The van der Waals surface area contributed by atoms with Crippen LogP contribution in [0.25, 0.3) is 0 Å². The van der Waals surface area contributed by atoms with Crippen molar-refractivity contribution in [2.24, 2.45) is 5.92 Å². The second-order valence-corrected chi connectivity index (χ2v) is 9.12. The molecule has 1 aromatic carbocycles. The second kappa shape index (κ2) is 12.0. The van der Waals surface area contributed by atoms with Gasteiger partial charge in [0.15, 0.2) is 0 Å². The molecule has 0 unspecified atom stereocenters. The Morgan fingerprint density at radius 1 is 1.35 bits per heavy atom. The Hall–Kier alpha value is -2.82. The highest BCUT2D eigenvalue weighted by molar-refractivity contribution is 5.89. The minimum atomic E-state index is -0.951. The van der Waals surface area contributed by atoms with E-state index >= 15 is 0 Å². The minimum Gasteiger partial charge on any atom is -0.478 e. The zero-order chi connectivity index (χ0) is 24.7. The third kappa shape index (κ3) is 6.62. The number of carboxylic acid groups (broad SMARTS) is 1. The molecule has 1 amide bonds. The molecule has 0 radical (unpaired) electrons.